The third-order valence-corrected chi connectivity index (χ3v) is 5.43. The van der Waals surface area contributed by atoms with E-state index in [0.29, 0.717) is 0 Å². The zero-order valence-corrected chi connectivity index (χ0v) is 12.6. The number of aryl methyl sites for hydroxylation is 1. The highest BCUT2D eigenvalue weighted by Gasteiger charge is 2.37. The second-order valence-corrected chi connectivity index (χ2v) is 6.91. The van der Waals surface area contributed by atoms with E-state index in [2.05, 4.69) is 17.2 Å². The highest BCUT2D eigenvalue weighted by molar-refractivity contribution is 7.09. The summed E-state index contributed by atoms with van der Waals surface area (Å²) in [6.45, 7) is 4.07. The summed E-state index contributed by atoms with van der Waals surface area (Å²) in [5, 5.41) is 3.61. The van der Waals surface area contributed by atoms with Crippen LogP contribution in [0.4, 0.5) is 0 Å². The smallest absolute Gasteiger partial charge is 0.0797 e. The summed E-state index contributed by atoms with van der Waals surface area (Å²) in [6, 6.07) is 0.817. The summed E-state index contributed by atoms with van der Waals surface area (Å²) in [7, 11) is 0. The van der Waals surface area contributed by atoms with E-state index in [9.17, 15) is 0 Å². The Balaban J connectivity index is 1.39. The minimum absolute atomic E-state index is 0.195. The van der Waals surface area contributed by atoms with E-state index in [4.69, 9.17) is 4.74 Å². The van der Waals surface area contributed by atoms with Gasteiger partial charge in [0.15, 0.2) is 0 Å². The number of nitrogens with zero attached hydrogens (tertiary/aromatic N) is 1. The fourth-order valence-corrected chi connectivity index (χ4v) is 3.52. The van der Waals surface area contributed by atoms with Gasteiger partial charge in [0.25, 0.3) is 0 Å². The van der Waals surface area contributed by atoms with Crippen molar-refractivity contribution < 1.29 is 4.74 Å². The van der Waals surface area contributed by atoms with Crippen molar-refractivity contribution in [2.24, 2.45) is 0 Å². The molecule has 0 aromatic carbocycles. The first-order valence-corrected chi connectivity index (χ1v) is 8.42. The number of aromatic nitrogens is 1. The topological polar surface area (TPSA) is 34.1 Å². The molecule has 0 radical (unpaired) electrons. The lowest BCUT2D eigenvalue weighted by atomic mass is 9.77. The van der Waals surface area contributed by atoms with Crippen molar-refractivity contribution in [2.75, 3.05) is 13.2 Å². The minimum atomic E-state index is 0.195. The second kappa shape index (κ2) is 5.90. The molecule has 19 heavy (non-hydrogen) atoms. The van der Waals surface area contributed by atoms with Crippen LogP contribution in [0.15, 0.2) is 5.51 Å². The van der Waals surface area contributed by atoms with Gasteiger partial charge in [-0.15, -0.1) is 11.3 Å². The van der Waals surface area contributed by atoms with E-state index in [1.165, 1.54) is 49.1 Å². The van der Waals surface area contributed by atoms with E-state index in [0.717, 1.165) is 25.6 Å². The number of nitrogens with one attached hydrogen (secondary N) is 1. The molecule has 0 spiro atoms. The largest absolute Gasteiger partial charge is 0.375 e. The Morgan fingerprint density at radius 3 is 2.89 bits per heavy atom. The van der Waals surface area contributed by atoms with Gasteiger partial charge >= 0.3 is 0 Å². The van der Waals surface area contributed by atoms with Crippen molar-refractivity contribution in [3.05, 3.63) is 16.1 Å². The van der Waals surface area contributed by atoms with Gasteiger partial charge in [-0.3, -0.25) is 0 Å². The van der Waals surface area contributed by atoms with Gasteiger partial charge in [-0.05, 0) is 52.0 Å². The van der Waals surface area contributed by atoms with E-state index < -0.39 is 0 Å². The average Bonchev–Trinajstić information content (AvgIpc) is 3.09. The summed E-state index contributed by atoms with van der Waals surface area (Å²) in [4.78, 5) is 5.67. The lowest BCUT2D eigenvalue weighted by Crippen LogP contribution is -2.43. The molecule has 2 aliphatic rings. The van der Waals surface area contributed by atoms with Crippen molar-refractivity contribution in [1.82, 2.24) is 10.3 Å². The van der Waals surface area contributed by atoms with Crippen LogP contribution < -0.4 is 5.32 Å². The van der Waals surface area contributed by atoms with Crippen LogP contribution in [0.25, 0.3) is 0 Å². The molecular formula is C15H24N2OS. The predicted octanol–water partition coefficient (Wildman–Crippen LogP) is 3.08. The van der Waals surface area contributed by atoms with E-state index in [1.54, 1.807) is 11.3 Å². The molecule has 3 nitrogen and oxygen atoms in total. The van der Waals surface area contributed by atoms with Gasteiger partial charge in [-0.1, -0.05) is 0 Å². The van der Waals surface area contributed by atoms with Crippen LogP contribution in [0.5, 0.6) is 0 Å². The average molecular weight is 280 g/mol. The molecule has 4 heteroatoms. The normalized spacial score (nSPS) is 21.3. The Kier molecular flexibility index (Phi) is 4.20. The van der Waals surface area contributed by atoms with Gasteiger partial charge < -0.3 is 10.1 Å². The molecule has 0 unspecified atom stereocenters. The molecule has 2 fully saturated rings. The molecule has 2 aliphatic carbocycles. The molecule has 3 rings (SSSR count). The van der Waals surface area contributed by atoms with Gasteiger partial charge in [-0.25, -0.2) is 4.98 Å². The van der Waals surface area contributed by atoms with Crippen molar-refractivity contribution >= 4 is 11.3 Å². The summed E-state index contributed by atoms with van der Waals surface area (Å²) in [6.07, 6.45) is 8.79. The molecule has 0 atom stereocenters. The van der Waals surface area contributed by atoms with Crippen molar-refractivity contribution in [1.29, 1.82) is 0 Å². The quantitative estimate of drug-likeness (QED) is 0.794. The molecule has 0 saturated heterocycles. The van der Waals surface area contributed by atoms with Crippen LogP contribution >= 0.6 is 11.3 Å². The van der Waals surface area contributed by atoms with Crippen LogP contribution in [0.1, 0.15) is 49.1 Å². The Morgan fingerprint density at radius 1 is 1.47 bits per heavy atom. The Morgan fingerprint density at radius 2 is 2.32 bits per heavy atom. The fraction of sp³-hybridized carbons (Fsp3) is 0.800. The lowest BCUT2D eigenvalue weighted by molar-refractivity contribution is -0.103. The van der Waals surface area contributed by atoms with E-state index in [-0.39, 0.29) is 5.60 Å². The van der Waals surface area contributed by atoms with Gasteiger partial charge in [-0.2, -0.15) is 0 Å². The molecule has 1 heterocycles. The Labute approximate surface area is 119 Å². The fourth-order valence-electron chi connectivity index (χ4n) is 2.76. The van der Waals surface area contributed by atoms with E-state index in [1.807, 2.05) is 5.51 Å². The van der Waals surface area contributed by atoms with Crippen LogP contribution in [0.3, 0.4) is 0 Å². The van der Waals surface area contributed by atoms with Gasteiger partial charge in [0.05, 0.1) is 23.4 Å². The molecule has 106 valence electrons. The maximum absolute atomic E-state index is 6.24. The molecule has 2 saturated carbocycles. The summed E-state index contributed by atoms with van der Waals surface area (Å²) in [5.74, 6) is 0. The molecule has 0 aliphatic heterocycles. The Hall–Kier alpha value is -0.450. The van der Waals surface area contributed by atoms with Crippen LogP contribution in [-0.2, 0) is 11.2 Å². The SMILES string of the molecule is Cc1ncsc1CCOC1(CCNC2CC2)CCC1. The molecule has 1 aromatic heterocycles. The zero-order chi connectivity index (χ0) is 13.1. The van der Waals surface area contributed by atoms with Crippen molar-refractivity contribution in [2.45, 2.75) is 63.5 Å². The summed E-state index contributed by atoms with van der Waals surface area (Å²) in [5.41, 5.74) is 3.30. The van der Waals surface area contributed by atoms with Crippen molar-refractivity contribution in [3.63, 3.8) is 0 Å². The number of ether oxygens (including phenoxy) is 1. The number of hydrogen-bond donors (Lipinski definition) is 1. The standard InChI is InChI=1S/C15H24N2OS/c1-12-14(19-11-17-12)5-10-18-15(6-2-7-15)8-9-16-13-3-4-13/h11,13,16H,2-10H2,1H3. The third kappa shape index (κ3) is 3.56. The molecule has 0 amide bonds. The molecule has 1 N–H and O–H groups in total. The van der Waals surface area contributed by atoms with Gasteiger partial charge in [0.1, 0.15) is 0 Å². The lowest BCUT2D eigenvalue weighted by Gasteiger charge is -2.42. The predicted molar refractivity (Wildman–Crippen MR) is 78.7 cm³/mol. The molecule has 0 bridgehead atoms. The number of thiazole rings is 1. The summed E-state index contributed by atoms with van der Waals surface area (Å²) < 4.78 is 6.24. The van der Waals surface area contributed by atoms with Crippen molar-refractivity contribution in [3.8, 4) is 0 Å². The minimum Gasteiger partial charge on any atom is -0.375 e. The number of hydrogen-bond acceptors (Lipinski definition) is 4. The van der Waals surface area contributed by atoms with Crippen LogP contribution in [-0.4, -0.2) is 29.8 Å². The van der Waals surface area contributed by atoms with Crippen LogP contribution in [0, 0.1) is 6.92 Å². The monoisotopic (exact) mass is 280 g/mol. The first-order valence-electron chi connectivity index (χ1n) is 7.54. The maximum Gasteiger partial charge on any atom is 0.0797 e. The van der Waals surface area contributed by atoms with E-state index >= 15 is 0 Å². The second-order valence-electron chi connectivity index (χ2n) is 5.97. The van der Waals surface area contributed by atoms with Crippen LogP contribution in [0.2, 0.25) is 0 Å². The van der Waals surface area contributed by atoms with Gasteiger partial charge in [0.2, 0.25) is 0 Å². The highest BCUT2D eigenvalue weighted by atomic mass is 32.1. The highest BCUT2D eigenvalue weighted by Crippen LogP contribution is 2.38. The Bertz CT molecular complexity index is 410. The maximum atomic E-state index is 6.24. The first kappa shape index (κ1) is 13.5. The van der Waals surface area contributed by atoms with Gasteiger partial charge in [0, 0.05) is 17.3 Å². The molecular weight excluding hydrogens is 256 g/mol. The zero-order valence-electron chi connectivity index (χ0n) is 11.8. The summed E-state index contributed by atoms with van der Waals surface area (Å²) >= 11 is 1.75. The molecule has 1 aromatic rings. The number of rotatable bonds is 8. The first-order chi connectivity index (χ1) is 9.27. The third-order valence-electron chi connectivity index (χ3n) is 4.44.